The molecule has 4 aliphatic rings. The van der Waals surface area contributed by atoms with Gasteiger partial charge in [-0.3, -0.25) is 4.79 Å². The van der Waals surface area contributed by atoms with Gasteiger partial charge in [0.2, 0.25) is 5.91 Å². The third kappa shape index (κ3) is 4.38. The minimum absolute atomic E-state index is 0.0522. The van der Waals surface area contributed by atoms with Crippen LogP contribution in [0.25, 0.3) is 0 Å². The van der Waals surface area contributed by atoms with Crippen LogP contribution in [0.2, 0.25) is 5.02 Å². The third-order valence-corrected chi connectivity index (χ3v) is 8.82. The van der Waals surface area contributed by atoms with Gasteiger partial charge in [0.15, 0.2) is 5.16 Å². The Morgan fingerprint density at radius 1 is 1.19 bits per heavy atom. The molecule has 0 unspecified atom stereocenters. The molecular weight excluding hydrogens is 428 g/mol. The second-order valence-corrected chi connectivity index (χ2v) is 11.4. The van der Waals surface area contributed by atoms with Gasteiger partial charge in [0.25, 0.3) is 0 Å². The molecule has 0 atom stereocenters. The van der Waals surface area contributed by atoms with Crippen LogP contribution in [0.15, 0.2) is 23.4 Å². The van der Waals surface area contributed by atoms with Crippen molar-refractivity contribution in [3.8, 4) is 0 Å². The zero-order valence-electron chi connectivity index (χ0n) is 18.4. The highest BCUT2D eigenvalue weighted by Crippen LogP contribution is 2.61. The van der Waals surface area contributed by atoms with Crippen LogP contribution in [-0.2, 0) is 17.8 Å². The van der Waals surface area contributed by atoms with E-state index in [4.69, 9.17) is 11.6 Å². The van der Waals surface area contributed by atoms with Crippen LogP contribution in [0.4, 0.5) is 5.69 Å². The number of rotatable bonds is 7. The normalized spacial score (nSPS) is 28.8. The molecular formula is C24H31ClN4OS. The number of thioether (sulfide) groups is 1. The number of halogens is 1. The van der Waals surface area contributed by atoms with E-state index in [9.17, 15) is 4.79 Å². The number of hydrogen-bond acceptors (Lipinski definition) is 4. The van der Waals surface area contributed by atoms with Gasteiger partial charge in [-0.15, -0.1) is 10.2 Å². The van der Waals surface area contributed by atoms with Crippen LogP contribution in [0.1, 0.15) is 56.8 Å². The number of anilines is 1. The van der Waals surface area contributed by atoms with Gasteiger partial charge in [-0.2, -0.15) is 0 Å². The molecule has 166 valence electrons. The number of nitrogens with zero attached hydrogens (tertiary/aromatic N) is 3. The average molecular weight is 459 g/mol. The molecule has 1 amide bonds. The molecule has 4 saturated carbocycles. The number of hydrogen-bond donors (Lipinski definition) is 1. The Balaban J connectivity index is 1.24. The maximum Gasteiger partial charge on any atom is 0.234 e. The topological polar surface area (TPSA) is 59.8 Å². The van der Waals surface area contributed by atoms with E-state index < -0.39 is 0 Å². The Morgan fingerprint density at radius 3 is 2.52 bits per heavy atom. The fraction of sp³-hybridized carbons (Fsp3) is 0.625. The van der Waals surface area contributed by atoms with Crippen molar-refractivity contribution in [2.45, 2.75) is 70.5 Å². The summed E-state index contributed by atoms with van der Waals surface area (Å²) < 4.78 is 2.22. The molecule has 4 bridgehead atoms. The predicted octanol–water partition coefficient (Wildman–Crippen LogP) is 5.75. The van der Waals surface area contributed by atoms with Gasteiger partial charge < -0.3 is 9.88 Å². The average Bonchev–Trinajstić information content (AvgIpc) is 3.09. The molecule has 6 rings (SSSR count). The van der Waals surface area contributed by atoms with Gasteiger partial charge in [-0.05, 0) is 93.2 Å². The van der Waals surface area contributed by atoms with Gasteiger partial charge in [0, 0.05) is 23.7 Å². The lowest BCUT2D eigenvalue weighted by molar-refractivity contribution is -0.113. The number of amides is 1. The maximum absolute atomic E-state index is 12.5. The van der Waals surface area contributed by atoms with Crippen LogP contribution in [0.5, 0.6) is 0 Å². The van der Waals surface area contributed by atoms with Crippen molar-refractivity contribution in [3.63, 3.8) is 0 Å². The number of aromatic nitrogens is 3. The third-order valence-electron chi connectivity index (χ3n) is 7.61. The largest absolute Gasteiger partial charge is 0.325 e. The van der Waals surface area contributed by atoms with E-state index >= 15 is 0 Å². The Hall–Kier alpha value is -1.53. The smallest absolute Gasteiger partial charge is 0.234 e. The zero-order valence-corrected chi connectivity index (χ0v) is 19.9. The number of aryl methyl sites for hydroxylation is 1. The standard InChI is InChI=1S/C24H31ClN4OS/c1-3-29-21(13-24-10-16-6-17(11-24)8-18(7-16)12-24)27-28-23(29)31-14-22(30)26-20-9-19(25)5-4-15(20)2/h4-5,9,16-18H,3,6-8,10-14H2,1-2H3,(H,26,30). The molecule has 0 radical (unpaired) electrons. The minimum atomic E-state index is -0.0522. The second-order valence-electron chi connectivity index (χ2n) is 10.0. The molecule has 0 saturated heterocycles. The van der Waals surface area contributed by atoms with Crippen molar-refractivity contribution in [2.24, 2.45) is 23.2 Å². The first-order chi connectivity index (χ1) is 14.9. The van der Waals surface area contributed by atoms with Crippen molar-refractivity contribution in [3.05, 3.63) is 34.6 Å². The van der Waals surface area contributed by atoms with Crippen molar-refractivity contribution in [2.75, 3.05) is 11.1 Å². The van der Waals surface area contributed by atoms with E-state index in [2.05, 4.69) is 27.0 Å². The van der Waals surface area contributed by atoms with Crippen LogP contribution in [0.3, 0.4) is 0 Å². The summed E-state index contributed by atoms with van der Waals surface area (Å²) in [6.45, 7) is 4.95. The van der Waals surface area contributed by atoms with Crippen molar-refractivity contribution >= 4 is 35.0 Å². The SMILES string of the molecule is CCn1c(CC23CC4CC(CC(C4)C2)C3)nnc1SCC(=O)Nc1cc(Cl)ccc1C. The van der Waals surface area contributed by atoms with Gasteiger partial charge in [0.1, 0.15) is 5.82 Å². The van der Waals surface area contributed by atoms with Crippen LogP contribution in [0, 0.1) is 30.1 Å². The van der Waals surface area contributed by atoms with E-state index in [0.717, 1.165) is 53.0 Å². The number of carbonyl (C=O) groups excluding carboxylic acids is 1. The van der Waals surface area contributed by atoms with Crippen LogP contribution >= 0.6 is 23.4 Å². The summed E-state index contributed by atoms with van der Waals surface area (Å²) in [5, 5.41) is 13.5. The second kappa shape index (κ2) is 8.43. The first-order valence-electron chi connectivity index (χ1n) is 11.5. The fourth-order valence-electron chi connectivity index (χ4n) is 6.76. The fourth-order valence-corrected chi connectivity index (χ4v) is 7.75. The molecule has 2 aromatic rings. The highest BCUT2D eigenvalue weighted by atomic mass is 35.5. The van der Waals surface area contributed by atoms with Crippen molar-refractivity contribution in [1.29, 1.82) is 0 Å². The summed E-state index contributed by atoms with van der Waals surface area (Å²) in [5.41, 5.74) is 2.20. The summed E-state index contributed by atoms with van der Waals surface area (Å²) >= 11 is 7.53. The first kappa shape index (κ1) is 21.3. The molecule has 7 heteroatoms. The Kier molecular flexibility index (Phi) is 5.80. The molecule has 4 aliphatic carbocycles. The highest BCUT2D eigenvalue weighted by molar-refractivity contribution is 7.99. The zero-order chi connectivity index (χ0) is 21.6. The van der Waals surface area contributed by atoms with Gasteiger partial charge in [0.05, 0.1) is 5.75 Å². The first-order valence-corrected chi connectivity index (χ1v) is 12.9. The summed E-state index contributed by atoms with van der Waals surface area (Å²) in [5.74, 6) is 4.19. The molecule has 1 N–H and O–H groups in total. The van der Waals surface area contributed by atoms with Gasteiger partial charge >= 0.3 is 0 Å². The Morgan fingerprint density at radius 2 is 1.87 bits per heavy atom. The molecule has 1 aromatic carbocycles. The quantitative estimate of drug-likeness (QED) is 0.536. The highest BCUT2D eigenvalue weighted by Gasteiger charge is 2.51. The molecule has 31 heavy (non-hydrogen) atoms. The van der Waals surface area contributed by atoms with Crippen molar-refractivity contribution in [1.82, 2.24) is 14.8 Å². The Bertz CT molecular complexity index is 953. The van der Waals surface area contributed by atoms with Crippen LogP contribution in [-0.4, -0.2) is 26.4 Å². The lowest BCUT2D eigenvalue weighted by Gasteiger charge is -2.56. The summed E-state index contributed by atoms with van der Waals surface area (Å²) in [4.78, 5) is 12.5. The molecule has 1 heterocycles. The lowest BCUT2D eigenvalue weighted by Crippen LogP contribution is -2.47. The molecule has 0 spiro atoms. The number of carbonyl (C=O) groups is 1. The Labute approximate surface area is 193 Å². The molecule has 4 fully saturated rings. The van der Waals surface area contributed by atoms with Gasteiger partial charge in [-0.1, -0.05) is 29.4 Å². The van der Waals surface area contributed by atoms with E-state index in [-0.39, 0.29) is 5.91 Å². The van der Waals surface area contributed by atoms with E-state index in [0.29, 0.717) is 16.2 Å². The number of nitrogens with one attached hydrogen (secondary N) is 1. The minimum Gasteiger partial charge on any atom is -0.325 e. The molecule has 1 aromatic heterocycles. The van der Waals surface area contributed by atoms with E-state index in [1.54, 1.807) is 6.07 Å². The number of benzene rings is 1. The monoisotopic (exact) mass is 458 g/mol. The van der Waals surface area contributed by atoms with Crippen molar-refractivity contribution < 1.29 is 4.79 Å². The summed E-state index contributed by atoms with van der Waals surface area (Å²) in [6.07, 6.45) is 9.55. The van der Waals surface area contributed by atoms with E-state index in [1.165, 1.54) is 50.3 Å². The molecule has 5 nitrogen and oxygen atoms in total. The maximum atomic E-state index is 12.5. The van der Waals surface area contributed by atoms with Crippen LogP contribution < -0.4 is 5.32 Å². The summed E-state index contributed by atoms with van der Waals surface area (Å²) in [7, 11) is 0. The molecule has 0 aliphatic heterocycles. The summed E-state index contributed by atoms with van der Waals surface area (Å²) in [6, 6.07) is 5.53. The lowest BCUT2D eigenvalue weighted by atomic mass is 9.49. The van der Waals surface area contributed by atoms with E-state index in [1.807, 2.05) is 19.1 Å². The predicted molar refractivity (Wildman–Crippen MR) is 126 cm³/mol. The van der Waals surface area contributed by atoms with Gasteiger partial charge in [-0.25, -0.2) is 0 Å².